The number of benzene rings is 1. The molecule has 0 aliphatic carbocycles. The fraction of sp³-hybridized carbons (Fsp3) is 0. The summed E-state index contributed by atoms with van der Waals surface area (Å²) in [5, 5.41) is 28.4. The van der Waals surface area contributed by atoms with Gasteiger partial charge >= 0.3 is 0 Å². The molecule has 98 valence electrons. The number of hydrogen-bond donors (Lipinski definition) is 3. The molecule has 0 radical (unpaired) electrons. The minimum Gasteiger partial charge on any atom is -0.507 e. The predicted molar refractivity (Wildman–Crippen MR) is 73.0 cm³/mol. The molecule has 0 amide bonds. The summed E-state index contributed by atoms with van der Waals surface area (Å²) in [6, 6.07) is 7.61. The number of nitrogen functional groups attached to an aromatic ring is 1. The zero-order chi connectivity index (χ0) is 14.9. The Balaban J connectivity index is 3.00. The number of phenols is 1. The van der Waals surface area contributed by atoms with E-state index in [-0.39, 0.29) is 38.8 Å². The van der Waals surface area contributed by atoms with Crippen molar-refractivity contribution in [1.82, 2.24) is 4.98 Å². The van der Waals surface area contributed by atoms with Crippen molar-refractivity contribution in [2.24, 2.45) is 0 Å². The van der Waals surface area contributed by atoms with Crippen molar-refractivity contribution in [3.63, 3.8) is 0 Å². The van der Waals surface area contributed by atoms with Gasteiger partial charge in [0.1, 0.15) is 34.8 Å². The first-order valence-electron chi connectivity index (χ1n) is 5.34. The second-order valence-electron chi connectivity index (χ2n) is 3.88. The third-order valence-corrected chi connectivity index (χ3v) is 2.93. The molecule has 1 aromatic carbocycles. The van der Waals surface area contributed by atoms with Crippen molar-refractivity contribution in [1.29, 1.82) is 10.5 Å². The van der Waals surface area contributed by atoms with E-state index in [0.29, 0.717) is 0 Å². The molecule has 0 saturated heterocycles. The predicted octanol–water partition coefficient (Wildman–Crippen LogP) is 1.73. The van der Waals surface area contributed by atoms with Crippen LogP contribution >= 0.6 is 11.6 Å². The highest BCUT2D eigenvalue weighted by Crippen LogP contribution is 2.36. The van der Waals surface area contributed by atoms with Crippen LogP contribution in [0.5, 0.6) is 5.75 Å². The zero-order valence-electron chi connectivity index (χ0n) is 9.94. The van der Waals surface area contributed by atoms with E-state index < -0.39 is 5.56 Å². The van der Waals surface area contributed by atoms with Crippen LogP contribution in [0, 0.1) is 22.7 Å². The van der Waals surface area contributed by atoms with Gasteiger partial charge in [0.2, 0.25) is 0 Å². The van der Waals surface area contributed by atoms with Gasteiger partial charge < -0.3 is 15.8 Å². The summed E-state index contributed by atoms with van der Waals surface area (Å²) in [5.74, 6) is -0.390. The standard InChI is InChI=1S/C13H7ClN4O2/c14-6-1-2-10(19)7(3-6)11-8(4-15)12(17)18-13(20)9(11)5-16/h1-3,19H,(H3,17,18,20). The Kier molecular flexibility index (Phi) is 3.34. The fourth-order valence-electron chi connectivity index (χ4n) is 1.82. The molecule has 20 heavy (non-hydrogen) atoms. The van der Waals surface area contributed by atoms with Gasteiger partial charge in [-0.3, -0.25) is 4.79 Å². The quantitative estimate of drug-likeness (QED) is 0.735. The molecule has 7 heteroatoms. The molecule has 6 nitrogen and oxygen atoms in total. The lowest BCUT2D eigenvalue weighted by Gasteiger charge is -2.10. The maximum Gasteiger partial charge on any atom is 0.268 e. The largest absolute Gasteiger partial charge is 0.507 e. The maximum absolute atomic E-state index is 11.7. The Bertz CT molecular complexity index is 843. The number of phenolic OH excluding ortho intramolecular Hbond substituents is 1. The van der Waals surface area contributed by atoms with Gasteiger partial charge in [-0.1, -0.05) is 11.6 Å². The summed E-state index contributed by atoms with van der Waals surface area (Å²) >= 11 is 5.84. The number of aromatic hydroxyl groups is 1. The number of nitrogens with one attached hydrogen (secondary N) is 1. The zero-order valence-corrected chi connectivity index (χ0v) is 10.7. The molecule has 0 spiro atoms. The van der Waals surface area contributed by atoms with Gasteiger partial charge in [-0.05, 0) is 18.2 Å². The van der Waals surface area contributed by atoms with E-state index in [1.165, 1.54) is 18.2 Å². The van der Waals surface area contributed by atoms with Crippen LogP contribution in [-0.4, -0.2) is 10.1 Å². The maximum atomic E-state index is 11.7. The van der Waals surface area contributed by atoms with Crippen LogP contribution < -0.4 is 11.3 Å². The number of aromatic nitrogens is 1. The van der Waals surface area contributed by atoms with Crippen molar-refractivity contribution in [2.45, 2.75) is 0 Å². The minimum absolute atomic E-state index is 0.0312. The van der Waals surface area contributed by atoms with Crippen molar-refractivity contribution >= 4 is 17.4 Å². The summed E-state index contributed by atoms with van der Waals surface area (Å²) in [6.45, 7) is 0. The Morgan fingerprint density at radius 2 is 1.90 bits per heavy atom. The van der Waals surface area contributed by atoms with Gasteiger partial charge in [-0.15, -0.1) is 0 Å². The van der Waals surface area contributed by atoms with Crippen LogP contribution in [0.1, 0.15) is 11.1 Å². The molecule has 0 atom stereocenters. The molecule has 0 fully saturated rings. The number of halogens is 1. The summed E-state index contributed by atoms with van der Waals surface area (Å²) in [4.78, 5) is 14.0. The number of H-pyrrole nitrogens is 1. The summed E-state index contributed by atoms with van der Waals surface area (Å²) in [7, 11) is 0. The average molecular weight is 287 g/mol. The fourth-order valence-corrected chi connectivity index (χ4v) is 1.99. The number of rotatable bonds is 1. The van der Waals surface area contributed by atoms with Crippen LogP contribution in [0.4, 0.5) is 5.82 Å². The lowest BCUT2D eigenvalue weighted by atomic mass is 9.96. The van der Waals surface area contributed by atoms with E-state index in [0.717, 1.165) is 0 Å². The summed E-state index contributed by atoms with van der Waals surface area (Å²) in [5.41, 5.74) is 4.50. The Morgan fingerprint density at radius 1 is 1.25 bits per heavy atom. The van der Waals surface area contributed by atoms with Crippen molar-refractivity contribution < 1.29 is 5.11 Å². The molecule has 1 aromatic heterocycles. The second-order valence-corrected chi connectivity index (χ2v) is 4.31. The smallest absolute Gasteiger partial charge is 0.268 e. The third kappa shape index (κ3) is 2.05. The third-order valence-electron chi connectivity index (χ3n) is 2.70. The molecule has 0 aliphatic rings. The topological polar surface area (TPSA) is 127 Å². The number of nitriles is 2. The van der Waals surface area contributed by atoms with E-state index in [9.17, 15) is 9.90 Å². The Labute approximate surface area is 118 Å². The van der Waals surface area contributed by atoms with Crippen LogP contribution in [0.3, 0.4) is 0 Å². The van der Waals surface area contributed by atoms with Gasteiger partial charge in [-0.25, -0.2) is 0 Å². The lowest BCUT2D eigenvalue weighted by molar-refractivity contribution is 0.477. The van der Waals surface area contributed by atoms with Gasteiger partial charge in [-0.2, -0.15) is 10.5 Å². The van der Waals surface area contributed by atoms with Crippen LogP contribution in [0.15, 0.2) is 23.0 Å². The lowest BCUT2D eigenvalue weighted by Crippen LogP contribution is -2.16. The summed E-state index contributed by atoms with van der Waals surface area (Å²) in [6.07, 6.45) is 0. The monoisotopic (exact) mass is 286 g/mol. The van der Waals surface area contributed by atoms with Gasteiger partial charge in [0.05, 0.1) is 0 Å². The van der Waals surface area contributed by atoms with Crippen molar-refractivity contribution in [3.05, 3.63) is 44.7 Å². The number of pyridine rings is 1. The SMILES string of the molecule is N#Cc1c(N)[nH]c(=O)c(C#N)c1-c1cc(Cl)ccc1O. The number of nitrogens with two attached hydrogens (primary N) is 1. The minimum atomic E-state index is -0.738. The van der Waals surface area contributed by atoms with Crippen molar-refractivity contribution in [3.8, 4) is 29.0 Å². The van der Waals surface area contributed by atoms with Gasteiger partial charge in [0, 0.05) is 16.1 Å². The van der Waals surface area contributed by atoms with E-state index in [1.54, 1.807) is 6.07 Å². The number of hydrogen-bond acceptors (Lipinski definition) is 5. The van der Waals surface area contributed by atoms with Crippen molar-refractivity contribution in [2.75, 3.05) is 5.73 Å². The van der Waals surface area contributed by atoms with Crippen LogP contribution in [0.2, 0.25) is 5.02 Å². The van der Waals surface area contributed by atoms with E-state index in [2.05, 4.69) is 4.98 Å². The van der Waals surface area contributed by atoms with Crippen LogP contribution in [-0.2, 0) is 0 Å². The van der Waals surface area contributed by atoms with Crippen LogP contribution in [0.25, 0.3) is 11.1 Å². The highest BCUT2D eigenvalue weighted by atomic mass is 35.5. The number of aromatic amines is 1. The Morgan fingerprint density at radius 3 is 2.50 bits per heavy atom. The molecule has 4 N–H and O–H groups in total. The number of nitrogens with zero attached hydrogens (tertiary/aromatic N) is 2. The molecular weight excluding hydrogens is 280 g/mol. The first-order valence-corrected chi connectivity index (χ1v) is 5.72. The van der Waals surface area contributed by atoms with Gasteiger partial charge in [0.25, 0.3) is 5.56 Å². The van der Waals surface area contributed by atoms with E-state index >= 15 is 0 Å². The number of anilines is 1. The molecule has 0 bridgehead atoms. The molecule has 2 rings (SSSR count). The Hall–Kier alpha value is -2.96. The molecule has 2 aromatic rings. The first-order chi connectivity index (χ1) is 9.49. The first kappa shape index (κ1) is 13.5. The molecule has 1 heterocycles. The highest BCUT2D eigenvalue weighted by Gasteiger charge is 2.20. The molecule has 0 saturated carbocycles. The average Bonchev–Trinajstić information content (AvgIpc) is 2.41. The normalized spacial score (nSPS) is 9.75. The molecule has 0 aliphatic heterocycles. The summed E-state index contributed by atoms with van der Waals surface area (Å²) < 4.78 is 0. The van der Waals surface area contributed by atoms with Gasteiger partial charge in [0.15, 0.2) is 0 Å². The second kappa shape index (κ2) is 4.96. The van der Waals surface area contributed by atoms with E-state index in [1.807, 2.05) is 6.07 Å². The van der Waals surface area contributed by atoms with E-state index in [4.69, 9.17) is 27.9 Å². The molecule has 0 unspecified atom stereocenters. The highest BCUT2D eigenvalue weighted by molar-refractivity contribution is 6.31. The molecular formula is C13H7ClN4O2.